The van der Waals surface area contributed by atoms with Crippen molar-refractivity contribution in [3.63, 3.8) is 0 Å². The Labute approximate surface area is 184 Å². The van der Waals surface area contributed by atoms with E-state index >= 15 is 0 Å². The SMILES string of the molecule is CC(C)(C)OC(=O)N1CC(F)CC1c1nc(-c2ccc(C#Cc3ccccn3)cn2)no1. The Balaban J connectivity index is 1.49. The van der Waals surface area contributed by atoms with Crippen LogP contribution >= 0.6 is 0 Å². The summed E-state index contributed by atoms with van der Waals surface area (Å²) in [6, 6.07) is 8.33. The van der Waals surface area contributed by atoms with Gasteiger partial charge in [0.15, 0.2) is 0 Å². The first-order valence-corrected chi connectivity index (χ1v) is 10.2. The standard InChI is InChI=1S/C23H22FN5O3/c1-23(2,3)31-22(30)29-14-16(24)12-19(29)21-27-20(28-32-21)18-10-8-15(13-26-18)7-9-17-6-4-5-11-25-17/h4-6,8,10-11,13,16,19H,12,14H2,1-3H3. The van der Waals surface area contributed by atoms with Gasteiger partial charge in [0.1, 0.15) is 29.2 Å². The van der Waals surface area contributed by atoms with E-state index in [9.17, 15) is 9.18 Å². The van der Waals surface area contributed by atoms with Gasteiger partial charge < -0.3 is 9.26 Å². The van der Waals surface area contributed by atoms with Gasteiger partial charge in [-0.15, -0.1) is 0 Å². The van der Waals surface area contributed by atoms with Crippen LogP contribution in [0.1, 0.15) is 50.4 Å². The Morgan fingerprint density at radius 3 is 2.75 bits per heavy atom. The van der Waals surface area contributed by atoms with Crippen molar-refractivity contribution in [1.82, 2.24) is 25.0 Å². The number of hydrogen-bond acceptors (Lipinski definition) is 7. The molecule has 2 atom stereocenters. The molecule has 0 radical (unpaired) electrons. The van der Waals surface area contributed by atoms with Gasteiger partial charge in [0.2, 0.25) is 11.7 Å². The minimum atomic E-state index is -1.20. The lowest BCUT2D eigenvalue weighted by Gasteiger charge is -2.26. The van der Waals surface area contributed by atoms with Gasteiger partial charge >= 0.3 is 6.09 Å². The van der Waals surface area contributed by atoms with Crippen LogP contribution in [0, 0.1) is 11.8 Å². The average Bonchev–Trinajstić information content (AvgIpc) is 3.39. The summed E-state index contributed by atoms with van der Waals surface area (Å²) in [6.45, 7) is 5.18. The largest absolute Gasteiger partial charge is 0.444 e. The molecule has 4 rings (SSSR count). The Bertz CT molecular complexity index is 1150. The van der Waals surface area contributed by atoms with Crippen molar-refractivity contribution >= 4 is 6.09 Å². The number of amides is 1. The molecule has 1 aliphatic rings. The third kappa shape index (κ3) is 5.09. The third-order valence-corrected chi connectivity index (χ3v) is 4.60. The number of aromatic nitrogens is 4. The number of halogens is 1. The maximum absolute atomic E-state index is 14.1. The topological polar surface area (TPSA) is 94.2 Å². The van der Waals surface area contributed by atoms with E-state index in [2.05, 4.69) is 31.9 Å². The van der Waals surface area contributed by atoms with Crippen molar-refractivity contribution in [2.24, 2.45) is 0 Å². The van der Waals surface area contributed by atoms with Gasteiger partial charge in [-0.1, -0.05) is 17.1 Å². The molecule has 1 amide bonds. The van der Waals surface area contributed by atoms with E-state index in [-0.39, 0.29) is 24.7 Å². The highest BCUT2D eigenvalue weighted by Crippen LogP contribution is 2.34. The lowest BCUT2D eigenvalue weighted by molar-refractivity contribution is 0.0192. The Morgan fingerprint density at radius 1 is 1.22 bits per heavy atom. The van der Waals surface area contributed by atoms with E-state index in [1.54, 1.807) is 45.3 Å². The van der Waals surface area contributed by atoms with Crippen LogP contribution in [0.4, 0.5) is 9.18 Å². The first kappa shape index (κ1) is 21.4. The smallest absolute Gasteiger partial charge is 0.411 e. The van der Waals surface area contributed by atoms with Gasteiger partial charge in [-0.25, -0.2) is 14.2 Å². The predicted octanol–water partition coefficient (Wildman–Crippen LogP) is 3.95. The Kier molecular flexibility index (Phi) is 5.86. The van der Waals surface area contributed by atoms with Crippen LogP contribution in [-0.4, -0.2) is 49.4 Å². The van der Waals surface area contributed by atoms with E-state index < -0.39 is 23.9 Å². The number of rotatable bonds is 2. The zero-order valence-electron chi connectivity index (χ0n) is 17.9. The lowest BCUT2D eigenvalue weighted by atomic mass is 10.2. The molecule has 1 aliphatic heterocycles. The second-order valence-electron chi connectivity index (χ2n) is 8.33. The molecule has 0 bridgehead atoms. The average molecular weight is 435 g/mol. The molecule has 3 aromatic rings. The van der Waals surface area contributed by atoms with Gasteiger partial charge in [0.25, 0.3) is 0 Å². The van der Waals surface area contributed by atoms with Crippen LogP contribution in [0.3, 0.4) is 0 Å². The van der Waals surface area contributed by atoms with E-state index in [0.717, 1.165) is 0 Å². The van der Waals surface area contributed by atoms with Crippen LogP contribution < -0.4 is 0 Å². The van der Waals surface area contributed by atoms with Crippen LogP contribution in [-0.2, 0) is 4.74 Å². The Hall–Kier alpha value is -3.80. The van der Waals surface area contributed by atoms with Crippen molar-refractivity contribution in [3.8, 4) is 23.4 Å². The first-order valence-electron chi connectivity index (χ1n) is 10.2. The minimum absolute atomic E-state index is 0.0658. The molecule has 0 aromatic carbocycles. The fraction of sp³-hybridized carbons (Fsp3) is 0.348. The molecule has 0 aliphatic carbocycles. The van der Waals surface area contributed by atoms with E-state index in [1.807, 2.05) is 18.2 Å². The van der Waals surface area contributed by atoms with Crippen molar-refractivity contribution in [2.45, 2.75) is 45.0 Å². The highest BCUT2D eigenvalue weighted by molar-refractivity contribution is 5.69. The second-order valence-corrected chi connectivity index (χ2v) is 8.33. The molecule has 0 saturated carbocycles. The fourth-order valence-electron chi connectivity index (χ4n) is 3.19. The number of ether oxygens (including phenoxy) is 1. The molecule has 0 spiro atoms. The molecule has 4 heterocycles. The summed E-state index contributed by atoms with van der Waals surface area (Å²) in [5.74, 6) is 6.34. The van der Waals surface area contributed by atoms with E-state index in [1.165, 1.54) is 4.90 Å². The summed E-state index contributed by atoms with van der Waals surface area (Å²) >= 11 is 0. The maximum atomic E-state index is 14.1. The van der Waals surface area contributed by atoms with Gasteiger partial charge in [-0.3, -0.25) is 9.88 Å². The molecule has 1 saturated heterocycles. The van der Waals surface area contributed by atoms with Gasteiger partial charge in [-0.2, -0.15) is 4.98 Å². The molecule has 9 heteroatoms. The highest BCUT2D eigenvalue weighted by Gasteiger charge is 2.41. The summed E-state index contributed by atoms with van der Waals surface area (Å²) in [4.78, 5) is 26.6. The van der Waals surface area contributed by atoms with Crippen molar-refractivity contribution in [3.05, 3.63) is 59.9 Å². The summed E-state index contributed by atoms with van der Waals surface area (Å²) < 4.78 is 24.8. The maximum Gasteiger partial charge on any atom is 0.411 e. The normalized spacial score (nSPS) is 18.2. The summed E-state index contributed by atoms with van der Waals surface area (Å²) in [7, 11) is 0. The summed E-state index contributed by atoms with van der Waals surface area (Å²) in [5, 5.41) is 3.95. The molecule has 1 fully saturated rings. The molecule has 32 heavy (non-hydrogen) atoms. The molecular weight excluding hydrogens is 413 g/mol. The molecule has 8 nitrogen and oxygen atoms in total. The van der Waals surface area contributed by atoms with E-state index in [0.29, 0.717) is 17.0 Å². The number of carbonyl (C=O) groups is 1. The van der Waals surface area contributed by atoms with Crippen LogP contribution in [0.15, 0.2) is 47.2 Å². The van der Waals surface area contributed by atoms with Crippen LogP contribution in [0.2, 0.25) is 0 Å². The molecule has 0 N–H and O–H groups in total. The number of hydrogen-bond donors (Lipinski definition) is 0. The number of carbonyl (C=O) groups excluding carboxylic acids is 1. The van der Waals surface area contributed by atoms with Gasteiger partial charge in [0.05, 0.1) is 6.54 Å². The molecule has 3 aromatic heterocycles. The minimum Gasteiger partial charge on any atom is -0.444 e. The number of nitrogens with zero attached hydrogens (tertiary/aromatic N) is 5. The summed E-state index contributed by atoms with van der Waals surface area (Å²) in [5.41, 5.74) is 1.15. The van der Waals surface area contributed by atoms with Crippen LogP contribution in [0.25, 0.3) is 11.5 Å². The predicted molar refractivity (Wildman–Crippen MR) is 113 cm³/mol. The van der Waals surface area contributed by atoms with E-state index in [4.69, 9.17) is 9.26 Å². The molecule has 2 unspecified atom stereocenters. The first-order chi connectivity index (χ1) is 15.3. The Morgan fingerprint density at radius 2 is 2.06 bits per heavy atom. The number of likely N-dealkylation sites (tertiary alicyclic amines) is 1. The number of pyridine rings is 2. The number of alkyl halides is 1. The zero-order valence-corrected chi connectivity index (χ0v) is 17.9. The lowest BCUT2D eigenvalue weighted by Crippen LogP contribution is -2.37. The summed E-state index contributed by atoms with van der Waals surface area (Å²) in [6.07, 6.45) is 1.53. The van der Waals surface area contributed by atoms with Crippen molar-refractivity contribution in [1.29, 1.82) is 0 Å². The van der Waals surface area contributed by atoms with Crippen LogP contribution in [0.5, 0.6) is 0 Å². The molecule has 164 valence electrons. The monoisotopic (exact) mass is 435 g/mol. The molecular formula is C23H22FN5O3. The second kappa shape index (κ2) is 8.75. The van der Waals surface area contributed by atoms with Gasteiger partial charge in [-0.05, 0) is 51.0 Å². The third-order valence-electron chi connectivity index (χ3n) is 4.60. The quantitative estimate of drug-likeness (QED) is 0.563. The zero-order chi connectivity index (χ0) is 22.7. The highest BCUT2D eigenvalue weighted by atomic mass is 19.1. The van der Waals surface area contributed by atoms with Crippen molar-refractivity contribution in [2.75, 3.05) is 6.54 Å². The van der Waals surface area contributed by atoms with Gasteiger partial charge in [0, 0.05) is 24.4 Å². The van der Waals surface area contributed by atoms with Crippen molar-refractivity contribution < 1.29 is 18.4 Å². The fourth-order valence-corrected chi connectivity index (χ4v) is 3.19.